The molecule has 0 spiro atoms. The fourth-order valence-corrected chi connectivity index (χ4v) is 2.79. The molecule has 0 atom stereocenters. The summed E-state index contributed by atoms with van der Waals surface area (Å²) in [5.74, 6) is -0.148. The molecule has 0 rings (SSSR count). The van der Waals surface area contributed by atoms with Gasteiger partial charge in [0.05, 0.1) is 6.26 Å². The van der Waals surface area contributed by atoms with E-state index >= 15 is 0 Å². The first-order valence-corrected chi connectivity index (χ1v) is 10.1. The standard InChI is InChI=1S/C20H38O2.C2H4/c1-3-5-6-7-8-9-10-11-12-13-14-15-16-17-18-19-20(21)22-4-2;1-2/h4H,2-3,5-19H2,1H3;1-2H2. The second kappa shape index (κ2) is 24.2. The zero-order valence-electron chi connectivity index (χ0n) is 16.3. The zero-order valence-corrected chi connectivity index (χ0v) is 16.3. The Morgan fingerprint density at radius 1 is 0.708 bits per heavy atom. The Bertz CT molecular complexity index is 261. The van der Waals surface area contributed by atoms with Crippen molar-refractivity contribution in [2.24, 2.45) is 0 Å². The third-order valence-electron chi connectivity index (χ3n) is 4.20. The van der Waals surface area contributed by atoms with Gasteiger partial charge in [0.2, 0.25) is 0 Å². The molecule has 24 heavy (non-hydrogen) atoms. The van der Waals surface area contributed by atoms with Crippen LogP contribution in [0.1, 0.15) is 110 Å². The minimum atomic E-state index is -0.148. The van der Waals surface area contributed by atoms with Gasteiger partial charge in [-0.25, -0.2) is 0 Å². The Morgan fingerprint density at radius 2 is 1.04 bits per heavy atom. The highest BCUT2D eigenvalue weighted by Gasteiger charge is 2.00. The summed E-state index contributed by atoms with van der Waals surface area (Å²) in [7, 11) is 0. The molecule has 0 N–H and O–H groups in total. The van der Waals surface area contributed by atoms with Crippen LogP contribution in [0.25, 0.3) is 0 Å². The summed E-state index contributed by atoms with van der Waals surface area (Å²) in [4.78, 5) is 11.1. The SMILES string of the molecule is C=C.C=COC(=O)CCCCCCCCCCCCCCCCC. The highest BCUT2D eigenvalue weighted by atomic mass is 16.5. The normalized spacial score (nSPS) is 9.88. The highest BCUT2D eigenvalue weighted by molar-refractivity contribution is 5.69. The Morgan fingerprint density at radius 3 is 1.38 bits per heavy atom. The number of hydrogen-bond acceptors (Lipinski definition) is 2. The fourth-order valence-electron chi connectivity index (χ4n) is 2.79. The van der Waals surface area contributed by atoms with Gasteiger partial charge in [-0.1, -0.05) is 103 Å². The molecule has 0 fully saturated rings. The Hall–Kier alpha value is -1.05. The second-order valence-corrected chi connectivity index (χ2v) is 6.36. The van der Waals surface area contributed by atoms with Crippen molar-refractivity contribution in [3.63, 3.8) is 0 Å². The van der Waals surface area contributed by atoms with Crippen LogP contribution in [0.5, 0.6) is 0 Å². The summed E-state index contributed by atoms with van der Waals surface area (Å²) in [6, 6.07) is 0. The predicted molar refractivity (Wildman–Crippen MR) is 107 cm³/mol. The lowest BCUT2D eigenvalue weighted by atomic mass is 10.0. The molecule has 2 nitrogen and oxygen atoms in total. The smallest absolute Gasteiger partial charge is 0.310 e. The van der Waals surface area contributed by atoms with Crippen LogP contribution in [0.2, 0.25) is 0 Å². The van der Waals surface area contributed by atoms with E-state index in [-0.39, 0.29) is 5.97 Å². The lowest BCUT2D eigenvalue weighted by molar-refractivity contribution is -0.138. The van der Waals surface area contributed by atoms with E-state index in [1.165, 1.54) is 89.7 Å². The summed E-state index contributed by atoms with van der Waals surface area (Å²) in [6.45, 7) is 11.7. The van der Waals surface area contributed by atoms with Gasteiger partial charge >= 0.3 is 5.97 Å². The van der Waals surface area contributed by atoms with E-state index in [1.807, 2.05) is 0 Å². The maximum atomic E-state index is 11.1. The van der Waals surface area contributed by atoms with Gasteiger partial charge < -0.3 is 4.74 Å². The number of unbranched alkanes of at least 4 members (excludes halogenated alkanes) is 14. The lowest BCUT2D eigenvalue weighted by Crippen LogP contribution is -1.98. The molecule has 0 aromatic heterocycles. The van der Waals surface area contributed by atoms with Crippen LogP contribution < -0.4 is 0 Å². The molecule has 0 bridgehead atoms. The fraction of sp³-hybridized carbons (Fsp3) is 0.773. The molecule has 2 heteroatoms. The molecule has 0 aromatic carbocycles. The van der Waals surface area contributed by atoms with E-state index in [0.29, 0.717) is 6.42 Å². The van der Waals surface area contributed by atoms with Crippen LogP contribution in [0, 0.1) is 0 Å². The molecule has 0 saturated heterocycles. The van der Waals surface area contributed by atoms with E-state index in [9.17, 15) is 4.79 Å². The first kappa shape index (κ1) is 25.2. The van der Waals surface area contributed by atoms with Crippen LogP contribution in [-0.2, 0) is 9.53 Å². The Balaban J connectivity index is 0. The topological polar surface area (TPSA) is 26.3 Å². The molecule has 0 radical (unpaired) electrons. The highest BCUT2D eigenvalue weighted by Crippen LogP contribution is 2.13. The summed E-state index contributed by atoms with van der Waals surface area (Å²) in [5.41, 5.74) is 0. The van der Waals surface area contributed by atoms with Gasteiger partial charge in [-0.3, -0.25) is 4.79 Å². The van der Waals surface area contributed by atoms with Crippen molar-refractivity contribution < 1.29 is 9.53 Å². The quantitative estimate of drug-likeness (QED) is 0.117. The molecule has 0 aliphatic heterocycles. The minimum Gasteiger partial charge on any atom is -0.435 e. The monoisotopic (exact) mass is 338 g/mol. The molecule has 0 aromatic rings. The first-order valence-electron chi connectivity index (χ1n) is 10.1. The second-order valence-electron chi connectivity index (χ2n) is 6.36. The molecule has 0 unspecified atom stereocenters. The van der Waals surface area contributed by atoms with Gasteiger partial charge in [-0.2, -0.15) is 0 Å². The maximum absolute atomic E-state index is 11.1. The van der Waals surface area contributed by atoms with Crippen molar-refractivity contribution in [3.05, 3.63) is 26.0 Å². The summed E-state index contributed by atoms with van der Waals surface area (Å²) < 4.78 is 4.69. The van der Waals surface area contributed by atoms with Gasteiger partial charge in [-0.05, 0) is 6.42 Å². The molecule has 142 valence electrons. The van der Waals surface area contributed by atoms with Crippen LogP contribution in [0.4, 0.5) is 0 Å². The van der Waals surface area contributed by atoms with Crippen molar-refractivity contribution in [2.75, 3.05) is 0 Å². The first-order chi connectivity index (χ1) is 11.8. The number of rotatable bonds is 17. The van der Waals surface area contributed by atoms with E-state index in [2.05, 4.69) is 31.4 Å². The number of ether oxygens (including phenoxy) is 1. The summed E-state index contributed by atoms with van der Waals surface area (Å²) >= 11 is 0. The van der Waals surface area contributed by atoms with Crippen molar-refractivity contribution >= 4 is 5.97 Å². The van der Waals surface area contributed by atoms with E-state index in [0.717, 1.165) is 12.8 Å². The number of hydrogen-bond donors (Lipinski definition) is 0. The number of carbonyl (C=O) groups is 1. The number of esters is 1. The third kappa shape index (κ3) is 23.2. The molecular weight excluding hydrogens is 296 g/mol. The van der Waals surface area contributed by atoms with Gasteiger partial charge in [-0.15, -0.1) is 13.2 Å². The van der Waals surface area contributed by atoms with Gasteiger partial charge in [0, 0.05) is 6.42 Å². The van der Waals surface area contributed by atoms with E-state index < -0.39 is 0 Å². The van der Waals surface area contributed by atoms with Crippen LogP contribution in [0.15, 0.2) is 26.0 Å². The zero-order chi connectivity index (χ0) is 18.3. The molecule has 0 amide bonds. The molecule has 0 aliphatic rings. The summed E-state index contributed by atoms with van der Waals surface area (Å²) in [5, 5.41) is 0. The minimum absolute atomic E-state index is 0.148. The van der Waals surface area contributed by atoms with Crippen molar-refractivity contribution in [1.29, 1.82) is 0 Å². The van der Waals surface area contributed by atoms with E-state index in [4.69, 9.17) is 0 Å². The number of carbonyl (C=O) groups excluding carboxylic acids is 1. The van der Waals surface area contributed by atoms with Crippen LogP contribution >= 0.6 is 0 Å². The van der Waals surface area contributed by atoms with Gasteiger partial charge in [0.25, 0.3) is 0 Å². The van der Waals surface area contributed by atoms with Gasteiger partial charge in [0.15, 0.2) is 0 Å². The Kier molecular flexibility index (Phi) is 25.4. The molecule has 0 heterocycles. The van der Waals surface area contributed by atoms with Crippen molar-refractivity contribution in [3.8, 4) is 0 Å². The van der Waals surface area contributed by atoms with Crippen LogP contribution in [-0.4, -0.2) is 5.97 Å². The average Bonchev–Trinajstić information content (AvgIpc) is 2.60. The van der Waals surface area contributed by atoms with Crippen LogP contribution in [0.3, 0.4) is 0 Å². The lowest BCUT2D eigenvalue weighted by Gasteiger charge is -2.03. The predicted octanol–water partition coefficient (Wildman–Crippen LogP) is 7.74. The average molecular weight is 339 g/mol. The Labute approximate surface area is 151 Å². The molecule has 0 saturated carbocycles. The van der Waals surface area contributed by atoms with Crippen molar-refractivity contribution in [2.45, 2.75) is 110 Å². The largest absolute Gasteiger partial charge is 0.435 e. The van der Waals surface area contributed by atoms with E-state index in [1.54, 1.807) is 0 Å². The third-order valence-corrected chi connectivity index (χ3v) is 4.20. The maximum Gasteiger partial charge on any atom is 0.310 e. The molecule has 0 aliphatic carbocycles. The summed E-state index contributed by atoms with van der Waals surface area (Å²) in [6.07, 6.45) is 21.9. The molecular formula is C22H42O2. The van der Waals surface area contributed by atoms with Gasteiger partial charge in [0.1, 0.15) is 0 Å². The van der Waals surface area contributed by atoms with Crippen molar-refractivity contribution in [1.82, 2.24) is 0 Å².